The third-order valence-electron chi connectivity index (χ3n) is 3.97. The highest BCUT2D eigenvalue weighted by molar-refractivity contribution is 14.0. The van der Waals surface area contributed by atoms with E-state index < -0.39 is 0 Å². The van der Waals surface area contributed by atoms with Crippen LogP contribution in [0.3, 0.4) is 0 Å². The Labute approximate surface area is 184 Å². The highest BCUT2D eigenvalue weighted by Gasteiger charge is 2.09. The molecule has 1 aromatic heterocycles. The van der Waals surface area contributed by atoms with E-state index in [9.17, 15) is 4.79 Å². The summed E-state index contributed by atoms with van der Waals surface area (Å²) in [5.41, 5.74) is 2.13. The summed E-state index contributed by atoms with van der Waals surface area (Å²) in [6, 6.07) is 10.0. The Kier molecular flexibility index (Phi) is 10.6. The zero-order chi connectivity index (χ0) is 19.6. The second-order valence-electron chi connectivity index (χ2n) is 6.67. The van der Waals surface area contributed by atoms with Gasteiger partial charge in [0.2, 0.25) is 5.91 Å². The normalized spacial score (nSPS) is 11.1. The van der Waals surface area contributed by atoms with Gasteiger partial charge in [0.05, 0.1) is 18.4 Å². The maximum Gasteiger partial charge on any atom is 0.222 e. The second-order valence-corrected chi connectivity index (χ2v) is 6.67. The summed E-state index contributed by atoms with van der Waals surface area (Å²) >= 11 is 0. The maximum atomic E-state index is 11.6. The average Bonchev–Trinajstić information content (AvgIpc) is 3.13. The number of hydrogen-bond acceptors (Lipinski definition) is 3. The largest absolute Gasteiger partial charge is 0.357 e. The average molecular weight is 498 g/mol. The molecule has 1 aromatic carbocycles. The maximum absolute atomic E-state index is 11.6. The number of amides is 1. The van der Waals surface area contributed by atoms with Crippen molar-refractivity contribution in [1.82, 2.24) is 25.3 Å². The lowest BCUT2D eigenvalue weighted by molar-refractivity contribution is -0.123. The molecule has 7 nitrogen and oxygen atoms in total. The molecular formula is C20H31IN6O. The van der Waals surface area contributed by atoms with Gasteiger partial charge in [-0.2, -0.15) is 5.10 Å². The first-order valence-corrected chi connectivity index (χ1v) is 9.37. The third-order valence-corrected chi connectivity index (χ3v) is 3.97. The van der Waals surface area contributed by atoms with E-state index in [2.05, 4.69) is 25.6 Å². The van der Waals surface area contributed by atoms with Crippen LogP contribution in [-0.4, -0.2) is 53.2 Å². The lowest BCUT2D eigenvalue weighted by Gasteiger charge is -2.21. The molecule has 0 aliphatic rings. The molecule has 1 amide bonds. The predicted molar refractivity (Wildman–Crippen MR) is 124 cm³/mol. The lowest BCUT2D eigenvalue weighted by Crippen LogP contribution is -2.39. The van der Waals surface area contributed by atoms with E-state index in [1.807, 2.05) is 75.2 Å². The Morgan fingerprint density at radius 3 is 2.61 bits per heavy atom. The number of benzene rings is 1. The first-order valence-electron chi connectivity index (χ1n) is 9.37. The molecule has 0 saturated carbocycles. The first-order chi connectivity index (χ1) is 13.0. The van der Waals surface area contributed by atoms with Crippen LogP contribution in [0.25, 0.3) is 5.69 Å². The molecule has 0 aliphatic heterocycles. The SMILES string of the molecule is CCNC(=NCCNC(=O)C(C)C)N(C)Cc1cnn(-c2ccccc2)c1.I. The van der Waals surface area contributed by atoms with Crippen LogP contribution in [0.15, 0.2) is 47.7 Å². The van der Waals surface area contributed by atoms with Gasteiger partial charge in [0.15, 0.2) is 5.96 Å². The second kappa shape index (κ2) is 12.4. The van der Waals surface area contributed by atoms with Crippen molar-refractivity contribution in [1.29, 1.82) is 0 Å². The van der Waals surface area contributed by atoms with Crippen LogP contribution in [0.4, 0.5) is 0 Å². The third kappa shape index (κ3) is 7.49. The number of hydrogen-bond donors (Lipinski definition) is 2. The number of carbonyl (C=O) groups is 1. The monoisotopic (exact) mass is 498 g/mol. The van der Waals surface area contributed by atoms with E-state index in [-0.39, 0.29) is 35.8 Å². The quantitative estimate of drug-likeness (QED) is 0.254. The van der Waals surface area contributed by atoms with Gasteiger partial charge >= 0.3 is 0 Å². The minimum Gasteiger partial charge on any atom is -0.357 e. The summed E-state index contributed by atoms with van der Waals surface area (Å²) < 4.78 is 1.87. The molecule has 2 N–H and O–H groups in total. The molecule has 8 heteroatoms. The van der Waals surface area contributed by atoms with Gasteiger partial charge in [0.1, 0.15) is 0 Å². The van der Waals surface area contributed by atoms with Crippen molar-refractivity contribution in [3.8, 4) is 5.69 Å². The number of nitrogens with one attached hydrogen (secondary N) is 2. The number of para-hydroxylation sites is 1. The fourth-order valence-electron chi connectivity index (χ4n) is 2.53. The van der Waals surface area contributed by atoms with Gasteiger partial charge in [-0.15, -0.1) is 24.0 Å². The molecule has 0 fully saturated rings. The molecule has 0 radical (unpaired) electrons. The van der Waals surface area contributed by atoms with E-state index >= 15 is 0 Å². The van der Waals surface area contributed by atoms with E-state index in [1.165, 1.54) is 0 Å². The summed E-state index contributed by atoms with van der Waals surface area (Å²) in [4.78, 5) is 18.3. The molecule has 0 spiro atoms. The predicted octanol–water partition coefficient (Wildman–Crippen LogP) is 2.66. The topological polar surface area (TPSA) is 74.6 Å². The number of aliphatic imine (C=N–C) groups is 1. The standard InChI is InChI=1S/C20H30N6O.HI/c1-5-21-20(23-12-11-22-19(27)16(2)3)25(4)14-17-13-24-26(15-17)18-9-7-6-8-10-18;/h6-10,13,15-16H,5,11-12,14H2,1-4H3,(H,21,23)(H,22,27);1H. The number of nitrogens with zero attached hydrogens (tertiary/aromatic N) is 4. The van der Waals surface area contributed by atoms with Crippen LogP contribution in [0.5, 0.6) is 0 Å². The Hall–Kier alpha value is -2.10. The van der Waals surface area contributed by atoms with Gasteiger partial charge < -0.3 is 15.5 Å². The zero-order valence-corrected chi connectivity index (χ0v) is 19.4. The van der Waals surface area contributed by atoms with Crippen molar-refractivity contribution >= 4 is 35.8 Å². The van der Waals surface area contributed by atoms with Crippen LogP contribution in [0.2, 0.25) is 0 Å². The van der Waals surface area contributed by atoms with Crippen LogP contribution < -0.4 is 10.6 Å². The van der Waals surface area contributed by atoms with Gasteiger partial charge in [-0.3, -0.25) is 9.79 Å². The minimum atomic E-state index is -0.00829. The fraction of sp³-hybridized carbons (Fsp3) is 0.450. The highest BCUT2D eigenvalue weighted by atomic mass is 127. The number of rotatable bonds is 8. The Bertz CT molecular complexity index is 744. The summed E-state index contributed by atoms with van der Waals surface area (Å²) in [5.74, 6) is 0.853. The molecule has 1 heterocycles. The van der Waals surface area contributed by atoms with E-state index in [4.69, 9.17) is 0 Å². The number of aromatic nitrogens is 2. The fourth-order valence-corrected chi connectivity index (χ4v) is 2.53. The Balaban J connectivity index is 0.00000392. The number of guanidine groups is 1. The van der Waals surface area contributed by atoms with E-state index in [0.29, 0.717) is 19.6 Å². The van der Waals surface area contributed by atoms with Gasteiger partial charge in [-0.05, 0) is 19.1 Å². The first kappa shape index (κ1) is 23.9. The van der Waals surface area contributed by atoms with Crippen molar-refractivity contribution in [3.05, 3.63) is 48.3 Å². The highest BCUT2D eigenvalue weighted by Crippen LogP contribution is 2.09. The smallest absolute Gasteiger partial charge is 0.222 e. The molecule has 28 heavy (non-hydrogen) atoms. The van der Waals surface area contributed by atoms with Crippen LogP contribution >= 0.6 is 24.0 Å². The van der Waals surface area contributed by atoms with E-state index in [1.54, 1.807) is 0 Å². The van der Waals surface area contributed by atoms with Gasteiger partial charge in [-0.1, -0.05) is 32.0 Å². The minimum absolute atomic E-state index is 0. The molecule has 2 aromatic rings. The Morgan fingerprint density at radius 1 is 1.25 bits per heavy atom. The summed E-state index contributed by atoms with van der Waals surface area (Å²) in [7, 11) is 1.99. The van der Waals surface area contributed by atoms with Gasteiger partial charge in [-0.25, -0.2) is 4.68 Å². The summed E-state index contributed by atoms with van der Waals surface area (Å²) in [5, 5.41) is 10.6. The molecule has 2 rings (SSSR count). The lowest BCUT2D eigenvalue weighted by atomic mass is 10.2. The van der Waals surface area contributed by atoms with Crippen molar-refractivity contribution in [2.75, 3.05) is 26.7 Å². The number of halogens is 1. The van der Waals surface area contributed by atoms with Crippen molar-refractivity contribution in [3.63, 3.8) is 0 Å². The van der Waals surface area contributed by atoms with Crippen molar-refractivity contribution < 1.29 is 4.79 Å². The van der Waals surface area contributed by atoms with Crippen molar-refractivity contribution in [2.24, 2.45) is 10.9 Å². The zero-order valence-electron chi connectivity index (χ0n) is 17.1. The molecule has 0 unspecified atom stereocenters. The van der Waals surface area contributed by atoms with E-state index in [0.717, 1.165) is 23.8 Å². The molecule has 0 atom stereocenters. The van der Waals surface area contributed by atoms with Crippen LogP contribution in [-0.2, 0) is 11.3 Å². The summed E-state index contributed by atoms with van der Waals surface area (Å²) in [6.45, 7) is 8.34. The molecule has 0 saturated heterocycles. The molecular weight excluding hydrogens is 467 g/mol. The number of carbonyl (C=O) groups excluding carboxylic acids is 1. The molecule has 0 bridgehead atoms. The van der Waals surface area contributed by atoms with Crippen molar-refractivity contribution in [2.45, 2.75) is 27.3 Å². The molecule has 154 valence electrons. The Morgan fingerprint density at radius 2 is 1.96 bits per heavy atom. The summed E-state index contributed by atoms with van der Waals surface area (Å²) in [6.07, 6.45) is 3.90. The van der Waals surface area contributed by atoms with Crippen LogP contribution in [0.1, 0.15) is 26.3 Å². The van der Waals surface area contributed by atoms with Gasteiger partial charge in [0.25, 0.3) is 0 Å². The van der Waals surface area contributed by atoms with Crippen LogP contribution in [0, 0.1) is 5.92 Å². The van der Waals surface area contributed by atoms with Gasteiger partial charge in [0, 0.05) is 44.4 Å². The molecule has 0 aliphatic carbocycles.